The normalized spacial score (nSPS) is 18.7. The topological polar surface area (TPSA) is 69.6 Å². The van der Waals surface area contributed by atoms with Crippen LogP contribution in [0.4, 0.5) is 4.79 Å². The van der Waals surface area contributed by atoms with E-state index in [0.29, 0.717) is 32.2 Å². The van der Waals surface area contributed by atoms with Crippen LogP contribution in [-0.2, 0) is 11.2 Å². The number of benzene rings is 1. The number of carbonyl (C=O) groups is 2. The second-order valence-electron chi connectivity index (χ2n) is 5.87. The maximum absolute atomic E-state index is 12.4. The summed E-state index contributed by atoms with van der Waals surface area (Å²) in [5.74, 6) is 1.28. The fourth-order valence-corrected chi connectivity index (χ4v) is 2.84. The fourth-order valence-electron chi connectivity index (χ4n) is 2.84. The van der Waals surface area contributed by atoms with Crippen molar-refractivity contribution in [1.82, 2.24) is 10.2 Å². The number of carboxylic acids is 1. The van der Waals surface area contributed by atoms with Gasteiger partial charge in [0.1, 0.15) is 0 Å². The average molecular weight is 314 g/mol. The van der Waals surface area contributed by atoms with Gasteiger partial charge in [-0.15, -0.1) is 12.3 Å². The number of amides is 2. The van der Waals surface area contributed by atoms with Crippen LogP contribution in [-0.4, -0.2) is 41.1 Å². The third-order valence-corrected chi connectivity index (χ3v) is 4.07. The summed E-state index contributed by atoms with van der Waals surface area (Å²) in [5, 5.41) is 12.1. The maximum atomic E-state index is 12.4. The van der Waals surface area contributed by atoms with Gasteiger partial charge in [0, 0.05) is 25.6 Å². The first kappa shape index (κ1) is 16.9. The van der Waals surface area contributed by atoms with Crippen LogP contribution in [0.2, 0.25) is 0 Å². The molecule has 0 spiro atoms. The highest BCUT2D eigenvalue weighted by atomic mass is 16.4. The van der Waals surface area contributed by atoms with Crippen LogP contribution in [0.15, 0.2) is 30.3 Å². The van der Waals surface area contributed by atoms with Gasteiger partial charge in [-0.2, -0.15) is 0 Å². The van der Waals surface area contributed by atoms with Crippen LogP contribution in [0.3, 0.4) is 0 Å². The molecule has 2 atom stereocenters. The first-order chi connectivity index (χ1) is 11.1. The van der Waals surface area contributed by atoms with Gasteiger partial charge in [-0.3, -0.25) is 4.79 Å². The number of rotatable bonds is 5. The molecule has 2 N–H and O–H groups in total. The van der Waals surface area contributed by atoms with E-state index in [1.165, 1.54) is 0 Å². The Labute approximate surface area is 136 Å². The average Bonchev–Trinajstić information content (AvgIpc) is 2.56. The van der Waals surface area contributed by atoms with Crippen molar-refractivity contribution in [2.24, 2.45) is 5.92 Å². The van der Waals surface area contributed by atoms with Crippen LogP contribution in [0.5, 0.6) is 0 Å². The van der Waals surface area contributed by atoms with E-state index >= 15 is 0 Å². The van der Waals surface area contributed by atoms with Gasteiger partial charge < -0.3 is 15.3 Å². The van der Waals surface area contributed by atoms with E-state index in [1.807, 2.05) is 30.3 Å². The van der Waals surface area contributed by atoms with Crippen molar-refractivity contribution in [3.8, 4) is 12.3 Å². The van der Waals surface area contributed by atoms with E-state index in [9.17, 15) is 9.59 Å². The summed E-state index contributed by atoms with van der Waals surface area (Å²) in [5.41, 5.74) is 1.11. The molecule has 1 aliphatic rings. The first-order valence-corrected chi connectivity index (χ1v) is 7.85. The molecule has 1 aromatic carbocycles. The molecule has 0 aromatic heterocycles. The zero-order chi connectivity index (χ0) is 16.7. The number of nitrogens with one attached hydrogen (secondary N) is 1. The molecule has 0 bridgehead atoms. The van der Waals surface area contributed by atoms with Gasteiger partial charge in [0.2, 0.25) is 0 Å². The van der Waals surface area contributed by atoms with Crippen LogP contribution in [0.25, 0.3) is 0 Å². The van der Waals surface area contributed by atoms with E-state index in [-0.39, 0.29) is 18.6 Å². The Morgan fingerprint density at radius 1 is 1.39 bits per heavy atom. The summed E-state index contributed by atoms with van der Waals surface area (Å²) in [6.07, 6.45) is 7.84. The fraction of sp³-hybridized carbons (Fsp3) is 0.444. The summed E-state index contributed by atoms with van der Waals surface area (Å²) in [6, 6.07) is 9.46. The SMILES string of the molecule is C#CCC(Cc1ccccc1)NC(=O)N1CCCC(C(=O)O)C1. The van der Waals surface area contributed by atoms with Crippen molar-refractivity contribution >= 4 is 12.0 Å². The smallest absolute Gasteiger partial charge is 0.317 e. The quantitative estimate of drug-likeness (QED) is 0.818. The molecule has 122 valence electrons. The Bertz CT molecular complexity index is 580. The minimum atomic E-state index is -0.841. The Morgan fingerprint density at radius 3 is 2.78 bits per heavy atom. The lowest BCUT2D eigenvalue weighted by Gasteiger charge is -2.32. The van der Waals surface area contributed by atoms with Crippen LogP contribution < -0.4 is 5.32 Å². The van der Waals surface area contributed by atoms with Gasteiger partial charge in [-0.05, 0) is 24.8 Å². The number of urea groups is 1. The van der Waals surface area contributed by atoms with Crippen molar-refractivity contribution in [3.63, 3.8) is 0 Å². The maximum Gasteiger partial charge on any atom is 0.317 e. The van der Waals surface area contributed by atoms with Crippen molar-refractivity contribution in [3.05, 3.63) is 35.9 Å². The molecule has 1 saturated heterocycles. The van der Waals surface area contributed by atoms with Crippen LogP contribution in [0, 0.1) is 18.3 Å². The molecule has 0 saturated carbocycles. The minimum absolute atomic E-state index is 0.153. The summed E-state index contributed by atoms with van der Waals surface area (Å²) in [4.78, 5) is 25.1. The first-order valence-electron chi connectivity index (χ1n) is 7.85. The largest absolute Gasteiger partial charge is 0.481 e. The number of hydrogen-bond acceptors (Lipinski definition) is 2. The number of nitrogens with zero attached hydrogens (tertiary/aromatic N) is 1. The number of carboxylic acid groups (broad SMARTS) is 1. The van der Waals surface area contributed by atoms with E-state index in [2.05, 4.69) is 11.2 Å². The monoisotopic (exact) mass is 314 g/mol. The predicted molar refractivity (Wildman–Crippen MR) is 87.8 cm³/mol. The van der Waals surface area contributed by atoms with Crippen molar-refractivity contribution in [2.45, 2.75) is 31.7 Å². The molecule has 1 aliphatic heterocycles. The van der Waals surface area contributed by atoms with Gasteiger partial charge in [0.15, 0.2) is 0 Å². The predicted octanol–water partition coefficient (Wildman–Crippen LogP) is 2.13. The number of terminal acetylenes is 1. The number of likely N-dealkylation sites (tertiary alicyclic amines) is 1. The molecule has 2 amide bonds. The molecule has 2 unspecified atom stereocenters. The van der Waals surface area contributed by atoms with E-state index in [0.717, 1.165) is 5.56 Å². The summed E-state index contributed by atoms with van der Waals surface area (Å²) < 4.78 is 0. The standard InChI is InChI=1S/C18H22N2O3/c1-2-7-16(12-14-8-4-3-5-9-14)19-18(23)20-11-6-10-15(13-20)17(21)22/h1,3-5,8-9,15-16H,6-7,10-13H2,(H,19,23)(H,21,22). The number of carbonyl (C=O) groups excluding carboxylic acids is 1. The van der Waals surface area contributed by atoms with Crippen molar-refractivity contribution in [2.75, 3.05) is 13.1 Å². The third kappa shape index (κ3) is 5.03. The Balaban J connectivity index is 1.95. The lowest BCUT2D eigenvalue weighted by molar-refractivity contribution is -0.143. The highest BCUT2D eigenvalue weighted by Gasteiger charge is 2.28. The van der Waals surface area contributed by atoms with Crippen LogP contribution >= 0.6 is 0 Å². The number of piperidine rings is 1. The summed E-state index contributed by atoms with van der Waals surface area (Å²) >= 11 is 0. The second-order valence-corrected chi connectivity index (χ2v) is 5.87. The Kier molecular flexibility index (Phi) is 6.04. The van der Waals surface area contributed by atoms with Gasteiger partial charge >= 0.3 is 12.0 Å². The summed E-state index contributed by atoms with van der Waals surface area (Å²) in [6.45, 7) is 0.846. The molecule has 0 radical (unpaired) electrons. The molecule has 1 aromatic rings. The zero-order valence-corrected chi connectivity index (χ0v) is 13.1. The molecule has 0 aliphatic carbocycles. The highest BCUT2D eigenvalue weighted by molar-refractivity contribution is 5.76. The zero-order valence-electron chi connectivity index (χ0n) is 13.1. The van der Waals surface area contributed by atoms with Gasteiger partial charge in [0.05, 0.1) is 5.92 Å². The molecule has 1 fully saturated rings. The number of hydrogen-bond donors (Lipinski definition) is 2. The molecular formula is C18H22N2O3. The van der Waals surface area contributed by atoms with Gasteiger partial charge in [-0.25, -0.2) is 4.79 Å². The molecular weight excluding hydrogens is 292 g/mol. The third-order valence-electron chi connectivity index (χ3n) is 4.07. The minimum Gasteiger partial charge on any atom is -0.481 e. The molecule has 1 heterocycles. The van der Waals surface area contributed by atoms with E-state index in [4.69, 9.17) is 11.5 Å². The van der Waals surface area contributed by atoms with Crippen LogP contribution in [0.1, 0.15) is 24.8 Å². The Morgan fingerprint density at radius 2 is 2.13 bits per heavy atom. The second kappa shape index (κ2) is 8.23. The summed E-state index contributed by atoms with van der Waals surface area (Å²) in [7, 11) is 0. The van der Waals surface area contributed by atoms with Crippen molar-refractivity contribution < 1.29 is 14.7 Å². The molecule has 23 heavy (non-hydrogen) atoms. The Hall–Kier alpha value is -2.48. The molecule has 5 nitrogen and oxygen atoms in total. The number of aliphatic carboxylic acids is 1. The molecule has 5 heteroatoms. The van der Waals surface area contributed by atoms with Gasteiger partial charge in [0.25, 0.3) is 0 Å². The molecule has 2 rings (SSSR count). The van der Waals surface area contributed by atoms with Crippen molar-refractivity contribution in [1.29, 1.82) is 0 Å². The van der Waals surface area contributed by atoms with E-state index < -0.39 is 11.9 Å². The lowest BCUT2D eigenvalue weighted by Crippen LogP contribution is -2.50. The highest BCUT2D eigenvalue weighted by Crippen LogP contribution is 2.17. The van der Waals surface area contributed by atoms with Gasteiger partial charge in [-0.1, -0.05) is 30.3 Å². The van der Waals surface area contributed by atoms with E-state index in [1.54, 1.807) is 4.90 Å². The lowest BCUT2D eigenvalue weighted by atomic mass is 9.98.